The van der Waals surface area contributed by atoms with Crippen molar-refractivity contribution in [1.29, 1.82) is 0 Å². The fraction of sp³-hybridized carbons (Fsp3) is 0.742. The number of phosphoric ester groups is 1. The van der Waals surface area contributed by atoms with Crippen LogP contribution in [0.1, 0.15) is 99.3 Å². The number of allylic oxidation sites excluding steroid dienone is 8. The molecule has 238 valence electrons. The van der Waals surface area contributed by atoms with Crippen LogP contribution in [0.25, 0.3) is 0 Å². The number of ether oxygens (including phenoxy) is 1. The summed E-state index contributed by atoms with van der Waals surface area (Å²) in [6.07, 6.45) is 9.71. The Morgan fingerprint density at radius 2 is 1.34 bits per heavy atom. The Balaban J connectivity index is 2.29. The highest BCUT2D eigenvalue weighted by Gasteiger charge is 2.45. The molecule has 0 aromatic rings. The van der Waals surface area contributed by atoms with E-state index in [0.717, 1.165) is 51.4 Å². The van der Waals surface area contributed by atoms with Gasteiger partial charge in [0.15, 0.2) is 6.29 Å². The van der Waals surface area contributed by atoms with Crippen molar-refractivity contribution in [1.82, 2.24) is 0 Å². The monoisotopic (exact) mass is 601 g/mol. The third-order valence-electron chi connectivity index (χ3n) is 7.25. The molecule has 1 aliphatic heterocycles. The maximum atomic E-state index is 12.2. The predicted molar refractivity (Wildman–Crippen MR) is 160 cm³/mol. The Hall–Kier alpha value is -1.13. The quantitative estimate of drug-likeness (QED) is 0.115. The molecule has 1 saturated heterocycles. The first-order valence-corrected chi connectivity index (χ1v) is 16.3. The molecule has 0 saturated carbocycles. The summed E-state index contributed by atoms with van der Waals surface area (Å²) >= 11 is 0. The van der Waals surface area contributed by atoms with Crippen LogP contribution in [0.2, 0.25) is 0 Å². The highest BCUT2D eigenvalue weighted by molar-refractivity contribution is 7.45. The largest absolute Gasteiger partial charge is 0.756 e. The van der Waals surface area contributed by atoms with Gasteiger partial charge >= 0.3 is 0 Å². The second-order valence-electron chi connectivity index (χ2n) is 11.6. The number of aliphatic hydroxyl groups is 4. The molecule has 0 spiro atoms. The summed E-state index contributed by atoms with van der Waals surface area (Å²) in [7, 11) is -4.85. The summed E-state index contributed by atoms with van der Waals surface area (Å²) in [6.45, 7) is 12.1. The zero-order valence-electron chi connectivity index (χ0n) is 25.8. The van der Waals surface area contributed by atoms with Gasteiger partial charge in [-0.3, -0.25) is 9.09 Å². The predicted octanol–water partition coefficient (Wildman–Crippen LogP) is 5.24. The molecule has 1 rings (SSSR count). The molecule has 1 heterocycles. The molecule has 0 amide bonds. The molecule has 1 fully saturated rings. The first-order chi connectivity index (χ1) is 19.3. The first-order valence-electron chi connectivity index (χ1n) is 14.8. The lowest BCUT2D eigenvalue weighted by Gasteiger charge is -2.41. The molecule has 9 nitrogen and oxygen atoms in total. The van der Waals surface area contributed by atoms with Gasteiger partial charge < -0.3 is 34.6 Å². The molecule has 0 aromatic heterocycles. The van der Waals surface area contributed by atoms with Gasteiger partial charge in [-0.2, -0.15) is 0 Å². The van der Waals surface area contributed by atoms with E-state index in [2.05, 4.69) is 58.9 Å². The SMILES string of the molecule is CC(C)=CCC/C(C)=C/CC/C(C)=C/CC/C(C)=C\CCC(C)CCOP(=O)([O-])O[C@@H]1O[C@H](CO)[C@@H](O)[C@H](O)[C@H]1O. The van der Waals surface area contributed by atoms with Crippen molar-refractivity contribution >= 4 is 7.82 Å². The molecule has 1 aliphatic rings. The van der Waals surface area contributed by atoms with Gasteiger partial charge in [0, 0.05) is 0 Å². The first kappa shape index (κ1) is 37.9. The Morgan fingerprint density at radius 3 is 1.85 bits per heavy atom. The van der Waals surface area contributed by atoms with E-state index >= 15 is 0 Å². The van der Waals surface area contributed by atoms with Gasteiger partial charge in [-0.15, -0.1) is 0 Å². The van der Waals surface area contributed by atoms with E-state index in [9.17, 15) is 29.9 Å². The average molecular weight is 602 g/mol. The van der Waals surface area contributed by atoms with Gasteiger partial charge in [-0.05, 0) is 98.3 Å². The van der Waals surface area contributed by atoms with E-state index in [1.165, 1.54) is 22.3 Å². The van der Waals surface area contributed by atoms with Crippen molar-refractivity contribution in [2.75, 3.05) is 13.2 Å². The fourth-order valence-electron chi connectivity index (χ4n) is 4.42. The summed E-state index contributed by atoms with van der Waals surface area (Å²) in [5.41, 5.74) is 5.59. The minimum atomic E-state index is -4.85. The zero-order chi connectivity index (χ0) is 31.0. The van der Waals surface area contributed by atoms with Gasteiger partial charge in [0.1, 0.15) is 24.4 Å². The maximum Gasteiger partial charge on any atom is 0.270 e. The molecule has 2 unspecified atom stereocenters. The van der Waals surface area contributed by atoms with Crippen molar-refractivity contribution in [2.45, 2.75) is 130 Å². The van der Waals surface area contributed by atoms with Gasteiger partial charge in [0.25, 0.3) is 7.82 Å². The van der Waals surface area contributed by atoms with Crippen LogP contribution < -0.4 is 4.89 Å². The Kier molecular flexibility index (Phi) is 18.4. The van der Waals surface area contributed by atoms with Crippen LogP contribution in [0, 0.1) is 5.92 Å². The molecular weight excluding hydrogens is 547 g/mol. The van der Waals surface area contributed by atoms with E-state index in [1.54, 1.807) is 0 Å². The highest BCUT2D eigenvalue weighted by atomic mass is 31.2. The van der Waals surface area contributed by atoms with Crippen molar-refractivity contribution in [3.63, 3.8) is 0 Å². The van der Waals surface area contributed by atoms with Gasteiger partial charge in [0.2, 0.25) is 0 Å². The zero-order valence-corrected chi connectivity index (χ0v) is 26.7. The van der Waals surface area contributed by atoms with E-state index in [4.69, 9.17) is 13.8 Å². The summed E-state index contributed by atoms with van der Waals surface area (Å²) in [4.78, 5) is 12.2. The summed E-state index contributed by atoms with van der Waals surface area (Å²) in [6, 6.07) is 0. The van der Waals surface area contributed by atoms with Crippen LogP contribution in [0.3, 0.4) is 0 Å². The van der Waals surface area contributed by atoms with E-state index in [1.807, 2.05) is 6.92 Å². The number of phosphoric acid groups is 1. The van der Waals surface area contributed by atoms with Crippen LogP contribution in [0.4, 0.5) is 0 Å². The molecule has 0 radical (unpaired) electrons. The number of hydrogen-bond donors (Lipinski definition) is 4. The van der Waals surface area contributed by atoms with Gasteiger partial charge in [0.05, 0.1) is 13.2 Å². The van der Waals surface area contributed by atoms with Crippen LogP contribution >= 0.6 is 7.82 Å². The van der Waals surface area contributed by atoms with Crippen molar-refractivity contribution in [3.8, 4) is 0 Å². The number of aliphatic hydroxyl groups excluding tert-OH is 4. The maximum absolute atomic E-state index is 12.2. The Bertz CT molecular complexity index is 921. The third-order valence-corrected chi connectivity index (χ3v) is 8.21. The number of hydrogen-bond acceptors (Lipinski definition) is 9. The minimum absolute atomic E-state index is 0.101. The second kappa shape index (κ2) is 19.9. The normalized spacial score (nSPS) is 26.5. The van der Waals surface area contributed by atoms with Crippen molar-refractivity contribution in [2.24, 2.45) is 5.92 Å². The number of rotatable bonds is 19. The Labute approximate surface area is 247 Å². The average Bonchev–Trinajstić information content (AvgIpc) is 2.88. The molecule has 0 aliphatic carbocycles. The van der Waals surface area contributed by atoms with Crippen LogP contribution in [0.15, 0.2) is 46.6 Å². The van der Waals surface area contributed by atoms with Crippen molar-refractivity contribution < 1.29 is 43.7 Å². The van der Waals surface area contributed by atoms with Gasteiger partial charge in [-0.25, -0.2) is 0 Å². The van der Waals surface area contributed by atoms with E-state index < -0.39 is 45.1 Å². The molecule has 0 bridgehead atoms. The topological polar surface area (TPSA) is 149 Å². The van der Waals surface area contributed by atoms with E-state index in [-0.39, 0.29) is 12.5 Å². The highest BCUT2D eigenvalue weighted by Crippen LogP contribution is 2.42. The summed E-state index contributed by atoms with van der Waals surface area (Å²) in [5, 5.41) is 38.7. The fourth-order valence-corrected chi connectivity index (χ4v) is 5.24. The summed E-state index contributed by atoms with van der Waals surface area (Å²) < 4.78 is 26.9. The van der Waals surface area contributed by atoms with E-state index in [0.29, 0.717) is 6.42 Å². The standard InChI is InChI=1S/C31H55O9P/c1-22(2)11-7-12-23(3)13-8-14-24(4)15-9-16-25(5)17-10-18-26(6)19-20-38-41(36,37)40-31-30(35)29(34)28(33)27(21-32)39-31/h11,13,15,17,26-35H,7-10,12,14,16,18-21H2,1-6H3,(H,36,37)/p-1/b23-13+,24-15+,25-17-/t26?,27-,28-,29+,30-,31+/m1/s1. The van der Waals surface area contributed by atoms with Crippen molar-refractivity contribution in [3.05, 3.63) is 46.6 Å². The van der Waals surface area contributed by atoms with Crippen LogP contribution in [-0.4, -0.2) is 64.3 Å². The van der Waals surface area contributed by atoms with Gasteiger partial charge in [-0.1, -0.05) is 53.5 Å². The second-order valence-corrected chi connectivity index (χ2v) is 13.0. The Morgan fingerprint density at radius 1 is 0.829 bits per heavy atom. The molecule has 41 heavy (non-hydrogen) atoms. The minimum Gasteiger partial charge on any atom is -0.756 e. The molecule has 0 aromatic carbocycles. The van der Waals surface area contributed by atoms with Crippen LogP contribution in [-0.2, 0) is 18.3 Å². The lowest BCUT2D eigenvalue weighted by atomic mass is 10.00. The third kappa shape index (κ3) is 16.3. The smallest absolute Gasteiger partial charge is 0.270 e. The lowest BCUT2D eigenvalue weighted by Crippen LogP contribution is -2.59. The molecule has 4 N–H and O–H groups in total. The molecular formula is C31H54O9P-. The lowest BCUT2D eigenvalue weighted by molar-refractivity contribution is -0.304. The van der Waals surface area contributed by atoms with Crippen LogP contribution in [0.5, 0.6) is 0 Å². The molecule has 10 heteroatoms. The molecule has 7 atom stereocenters. The summed E-state index contributed by atoms with van der Waals surface area (Å²) in [5.74, 6) is 0.215.